The van der Waals surface area contributed by atoms with Crippen molar-refractivity contribution < 1.29 is 27.9 Å². The molecule has 0 saturated heterocycles. The first-order valence-electron chi connectivity index (χ1n) is 8.33. The molecule has 0 spiro atoms. The predicted molar refractivity (Wildman–Crippen MR) is 95.6 cm³/mol. The zero-order valence-corrected chi connectivity index (χ0v) is 16.5. The van der Waals surface area contributed by atoms with Crippen molar-refractivity contribution in [2.45, 2.75) is 62.6 Å². The first-order valence-corrected chi connectivity index (χ1v) is 10.2. The third-order valence-electron chi connectivity index (χ3n) is 4.25. The lowest BCUT2D eigenvalue weighted by Gasteiger charge is -2.39. The molecule has 1 amide bonds. The molecule has 1 saturated carbocycles. The van der Waals surface area contributed by atoms with E-state index in [2.05, 4.69) is 0 Å². The Balaban J connectivity index is 2.49. The number of carboxylic acids is 1. The van der Waals surface area contributed by atoms with Gasteiger partial charge in [-0.25, -0.2) is 18.0 Å². The highest BCUT2D eigenvalue weighted by Gasteiger charge is 2.51. The number of nitrogens with zero attached hydrogens (tertiary/aromatic N) is 1. The second-order valence-electron chi connectivity index (χ2n) is 7.76. The van der Waals surface area contributed by atoms with Crippen LogP contribution in [0.25, 0.3) is 0 Å². The standard InChI is InChI=1S/C18H25NO6S/c1-17(2,3)25-16(22)19(13-8-9-13)18(4,15(20)21)12-6-10-14(11-7-12)26(5,23)24/h6-7,10-11,13H,8-9H2,1-5H3,(H,20,21). The summed E-state index contributed by atoms with van der Waals surface area (Å²) >= 11 is 0. The highest BCUT2D eigenvalue weighted by molar-refractivity contribution is 7.90. The summed E-state index contributed by atoms with van der Waals surface area (Å²) in [5.41, 5.74) is -2.11. The van der Waals surface area contributed by atoms with Crippen LogP contribution in [0.2, 0.25) is 0 Å². The largest absolute Gasteiger partial charge is 0.479 e. The van der Waals surface area contributed by atoms with Crippen LogP contribution >= 0.6 is 0 Å². The van der Waals surface area contributed by atoms with Crippen LogP contribution in [-0.2, 0) is 24.9 Å². The topological polar surface area (TPSA) is 101 Å². The van der Waals surface area contributed by atoms with Gasteiger partial charge in [0.25, 0.3) is 0 Å². The molecule has 1 N–H and O–H groups in total. The van der Waals surface area contributed by atoms with Crippen molar-refractivity contribution in [2.75, 3.05) is 6.26 Å². The third-order valence-corrected chi connectivity index (χ3v) is 5.37. The molecular formula is C18H25NO6S. The Morgan fingerprint density at radius 1 is 1.12 bits per heavy atom. The Hall–Kier alpha value is -2.09. The van der Waals surface area contributed by atoms with Crippen molar-refractivity contribution in [3.05, 3.63) is 29.8 Å². The van der Waals surface area contributed by atoms with Gasteiger partial charge in [0.1, 0.15) is 5.60 Å². The van der Waals surface area contributed by atoms with Crippen molar-refractivity contribution in [3.8, 4) is 0 Å². The van der Waals surface area contributed by atoms with Crippen LogP contribution in [0, 0.1) is 0 Å². The summed E-state index contributed by atoms with van der Waals surface area (Å²) in [6.45, 7) is 6.59. The second kappa shape index (κ2) is 6.57. The van der Waals surface area contributed by atoms with Gasteiger partial charge in [0, 0.05) is 12.3 Å². The summed E-state index contributed by atoms with van der Waals surface area (Å²) in [7, 11) is -3.40. The van der Waals surface area contributed by atoms with Crippen LogP contribution in [0.4, 0.5) is 4.79 Å². The summed E-state index contributed by atoms with van der Waals surface area (Å²) in [4.78, 5) is 26.3. The number of aliphatic carboxylic acids is 1. The van der Waals surface area contributed by atoms with E-state index in [0.29, 0.717) is 18.4 Å². The maximum Gasteiger partial charge on any atom is 0.411 e. The lowest BCUT2D eigenvalue weighted by Crippen LogP contribution is -2.55. The predicted octanol–water partition coefficient (Wildman–Crippen LogP) is 2.79. The number of hydrogen-bond donors (Lipinski definition) is 1. The first kappa shape index (κ1) is 20.2. The molecule has 144 valence electrons. The van der Waals surface area contributed by atoms with Crippen molar-refractivity contribution in [2.24, 2.45) is 0 Å². The molecule has 26 heavy (non-hydrogen) atoms. The van der Waals surface area contributed by atoms with Crippen LogP contribution in [0.15, 0.2) is 29.2 Å². The highest BCUT2D eigenvalue weighted by atomic mass is 32.2. The minimum absolute atomic E-state index is 0.0872. The number of carboxylic acid groups (broad SMARTS) is 1. The van der Waals surface area contributed by atoms with Crippen LogP contribution in [0.5, 0.6) is 0 Å². The van der Waals surface area contributed by atoms with E-state index in [1.165, 1.54) is 36.1 Å². The summed E-state index contributed by atoms with van der Waals surface area (Å²) in [5.74, 6) is -1.21. The molecule has 8 heteroatoms. The molecule has 1 aliphatic rings. The van der Waals surface area contributed by atoms with Gasteiger partial charge in [-0.15, -0.1) is 0 Å². The number of rotatable bonds is 5. The van der Waals surface area contributed by atoms with Crippen molar-refractivity contribution in [1.29, 1.82) is 0 Å². The van der Waals surface area contributed by atoms with Gasteiger partial charge in [-0.3, -0.25) is 4.90 Å². The highest BCUT2D eigenvalue weighted by Crippen LogP contribution is 2.40. The van der Waals surface area contributed by atoms with Gasteiger partial charge in [-0.1, -0.05) is 12.1 Å². The number of benzene rings is 1. The third kappa shape index (κ3) is 4.17. The van der Waals surface area contributed by atoms with Gasteiger partial charge >= 0.3 is 12.1 Å². The van der Waals surface area contributed by atoms with Crippen LogP contribution in [-0.4, -0.2) is 48.4 Å². The molecule has 0 radical (unpaired) electrons. The van der Waals surface area contributed by atoms with E-state index in [9.17, 15) is 23.1 Å². The summed E-state index contributed by atoms with van der Waals surface area (Å²) < 4.78 is 28.7. The van der Waals surface area contributed by atoms with Crippen LogP contribution in [0.3, 0.4) is 0 Å². The van der Waals surface area contributed by atoms with Gasteiger partial charge in [-0.2, -0.15) is 0 Å². The van der Waals surface area contributed by atoms with Crippen molar-refractivity contribution in [3.63, 3.8) is 0 Å². The summed E-state index contributed by atoms with van der Waals surface area (Å²) in [5, 5.41) is 9.94. The van der Waals surface area contributed by atoms with Gasteiger partial charge in [-0.05, 0) is 58.2 Å². The number of sulfone groups is 1. The first-order chi connectivity index (χ1) is 11.8. The van der Waals surface area contributed by atoms with E-state index in [1.807, 2.05) is 0 Å². The molecule has 7 nitrogen and oxygen atoms in total. The number of carbonyl (C=O) groups is 2. The second-order valence-corrected chi connectivity index (χ2v) is 9.77. The van der Waals surface area contributed by atoms with Crippen molar-refractivity contribution >= 4 is 21.9 Å². The number of amides is 1. The van der Waals surface area contributed by atoms with E-state index in [0.717, 1.165) is 6.26 Å². The monoisotopic (exact) mass is 383 g/mol. The normalized spacial score (nSPS) is 17.3. The van der Waals surface area contributed by atoms with Gasteiger partial charge in [0.15, 0.2) is 15.4 Å². The number of hydrogen-bond acceptors (Lipinski definition) is 5. The molecule has 0 heterocycles. The minimum atomic E-state index is -3.40. The van der Waals surface area contributed by atoms with Crippen LogP contribution < -0.4 is 0 Å². The molecule has 1 aliphatic carbocycles. The van der Waals surface area contributed by atoms with E-state index in [1.54, 1.807) is 20.8 Å². The molecule has 2 rings (SSSR count). The zero-order chi connectivity index (χ0) is 19.9. The average molecular weight is 383 g/mol. The quantitative estimate of drug-likeness (QED) is 0.839. The fourth-order valence-corrected chi connectivity index (χ4v) is 3.36. The van der Waals surface area contributed by atoms with E-state index < -0.39 is 33.0 Å². The fourth-order valence-electron chi connectivity index (χ4n) is 2.73. The molecule has 1 fully saturated rings. The van der Waals surface area contributed by atoms with Crippen LogP contribution in [0.1, 0.15) is 46.1 Å². The maximum atomic E-state index is 12.7. The molecule has 1 aromatic rings. The molecule has 0 aliphatic heterocycles. The van der Waals surface area contributed by atoms with Gasteiger partial charge in [0.2, 0.25) is 0 Å². The molecular weight excluding hydrogens is 358 g/mol. The van der Waals surface area contributed by atoms with Gasteiger partial charge in [0.05, 0.1) is 4.90 Å². The Bertz CT molecular complexity index is 805. The van der Waals surface area contributed by atoms with Gasteiger partial charge < -0.3 is 9.84 Å². The summed E-state index contributed by atoms with van der Waals surface area (Å²) in [6, 6.07) is 5.35. The maximum absolute atomic E-state index is 12.7. The number of ether oxygens (including phenoxy) is 1. The Morgan fingerprint density at radius 2 is 1.62 bits per heavy atom. The zero-order valence-electron chi connectivity index (χ0n) is 15.6. The molecule has 0 bridgehead atoms. The fraction of sp³-hybridized carbons (Fsp3) is 0.556. The van der Waals surface area contributed by atoms with E-state index in [4.69, 9.17) is 4.74 Å². The lowest BCUT2D eigenvalue weighted by molar-refractivity contribution is -0.151. The smallest absolute Gasteiger partial charge is 0.411 e. The minimum Gasteiger partial charge on any atom is -0.479 e. The summed E-state index contributed by atoms with van der Waals surface area (Å²) in [6.07, 6.45) is 1.78. The lowest BCUT2D eigenvalue weighted by atomic mass is 9.90. The Morgan fingerprint density at radius 3 is 1.96 bits per heavy atom. The van der Waals surface area contributed by atoms with E-state index >= 15 is 0 Å². The SMILES string of the molecule is CC(C)(C)OC(=O)N(C1CC1)C(C)(C(=O)O)c1ccc(S(C)(=O)=O)cc1. The Labute approximate surface area is 153 Å². The average Bonchev–Trinajstić information content (AvgIpc) is 3.29. The molecule has 1 unspecified atom stereocenters. The molecule has 1 aromatic carbocycles. The van der Waals surface area contributed by atoms with E-state index in [-0.39, 0.29) is 10.9 Å². The van der Waals surface area contributed by atoms with Crippen molar-refractivity contribution in [1.82, 2.24) is 4.90 Å². The molecule has 1 atom stereocenters. The number of carbonyl (C=O) groups excluding carboxylic acids is 1. The molecule has 0 aromatic heterocycles. The Kier molecular flexibility index (Phi) is 5.11.